The zero-order valence-corrected chi connectivity index (χ0v) is 17.2. The average molecular weight is 426 g/mol. The summed E-state index contributed by atoms with van der Waals surface area (Å²) in [5.74, 6) is 3.38. The molecule has 0 saturated carbocycles. The molecule has 4 rings (SSSR count). The summed E-state index contributed by atoms with van der Waals surface area (Å²) in [6.45, 7) is 4.60. The van der Waals surface area contributed by atoms with E-state index in [0.29, 0.717) is 24.0 Å². The molecule has 7 nitrogen and oxygen atoms in total. The maximum atomic E-state index is 12.5. The lowest BCUT2D eigenvalue weighted by Crippen LogP contribution is -2.39. The molecule has 1 N–H and O–H groups in total. The van der Waals surface area contributed by atoms with Gasteiger partial charge in [-0.2, -0.15) is 0 Å². The Labute approximate surface area is 175 Å². The van der Waals surface area contributed by atoms with Crippen molar-refractivity contribution in [3.05, 3.63) is 40.9 Å². The molecule has 0 aliphatic carbocycles. The molecule has 2 aliphatic heterocycles. The summed E-state index contributed by atoms with van der Waals surface area (Å²) in [4.78, 5) is 14.4. The normalized spacial score (nSPS) is 17.0. The van der Waals surface area contributed by atoms with Crippen molar-refractivity contribution in [3.63, 3.8) is 0 Å². The summed E-state index contributed by atoms with van der Waals surface area (Å²) in [6, 6.07) is 7.19. The average Bonchev–Trinajstić information content (AvgIpc) is 3.14. The first-order valence-electron chi connectivity index (χ1n) is 9.49. The SMILES string of the molecule is Cl.O=C(CCOc1ccc(Cl)cc1)N1CCC(c2nnc3n2CCNC3)CC1. The number of likely N-dealkylation sites (tertiary alicyclic amines) is 1. The van der Waals surface area contributed by atoms with Gasteiger partial charge in [0, 0.05) is 37.1 Å². The van der Waals surface area contributed by atoms with Gasteiger partial charge < -0.3 is 19.5 Å². The second-order valence-corrected chi connectivity index (χ2v) is 7.45. The van der Waals surface area contributed by atoms with E-state index >= 15 is 0 Å². The topological polar surface area (TPSA) is 72.3 Å². The van der Waals surface area contributed by atoms with Crippen LogP contribution in [0.1, 0.15) is 36.8 Å². The molecule has 1 fully saturated rings. The lowest BCUT2D eigenvalue weighted by Gasteiger charge is -2.32. The predicted octanol–water partition coefficient (Wildman–Crippen LogP) is 2.63. The molecule has 0 radical (unpaired) electrons. The van der Waals surface area contributed by atoms with E-state index in [1.54, 1.807) is 12.1 Å². The van der Waals surface area contributed by atoms with Crippen molar-refractivity contribution in [1.82, 2.24) is 25.0 Å². The van der Waals surface area contributed by atoms with Gasteiger partial charge in [0.2, 0.25) is 5.91 Å². The van der Waals surface area contributed by atoms with E-state index in [2.05, 4.69) is 20.1 Å². The lowest BCUT2D eigenvalue weighted by molar-refractivity contribution is -0.132. The molecule has 28 heavy (non-hydrogen) atoms. The van der Waals surface area contributed by atoms with Gasteiger partial charge in [-0.3, -0.25) is 4.79 Å². The Balaban J connectivity index is 0.00000225. The maximum absolute atomic E-state index is 12.5. The van der Waals surface area contributed by atoms with Crippen LogP contribution >= 0.6 is 24.0 Å². The van der Waals surface area contributed by atoms with E-state index in [1.807, 2.05) is 17.0 Å². The number of aromatic nitrogens is 3. The first-order valence-corrected chi connectivity index (χ1v) is 9.87. The van der Waals surface area contributed by atoms with Crippen LogP contribution in [0, 0.1) is 0 Å². The molecule has 0 unspecified atom stereocenters. The smallest absolute Gasteiger partial charge is 0.225 e. The largest absolute Gasteiger partial charge is 0.493 e. The number of carbonyl (C=O) groups is 1. The number of nitrogens with zero attached hydrogens (tertiary/aromatic N) is 4. The van der Waals surface area contributed by atoms with Gasteiger partial charge in [0.25, 0.3) is 0 Å². The Morgan fingerprint density at radius 1 is 1.18 bits per heavy atom. The third-order valence-corrected chi connectivity index (χ3v) is 5.51. The van der Waals surface area contributed by atoms with E-state index in [-0.39, 0.29) is 18.3 Å². The fraction of sp³-hybridized carbons (Fsp3) is 0.526. The van der Waals surface area contributed by atoms with E-state index in [4.69, 9.17) is 16.3 Å². The Morgan fingerprint density at radius 2 is 1.93 bits per heavy atom. The summed E-state index contributed by atoms with van der Waals surface area (Å²) in [5, 5.41) is 12.7. The quantitative estimate of drug-likeness (QED) is 0.796. The summed E-state index contributed by atoms with van der Waals surface area (Å²) in [5.41, 5.74) is 0. The molecule has 2 aliphatic rings. The summed E-state index contributed by atoms with van der Waals surface area (Å²) in [6.07, 6.45) is 2.27. The minimum Gasteiger partial charge on any atom is -0.493 e. The Hall–Kier alpha value is -1.83. The summed E-state index contributed by atoms with van der Waals surface area (Å²) in [7, 11) is 0. The summed E-state index contributed by atoms with van der Waals surface area (Å²) >= 11 is 5.86. The van der Waals surface area contributed by atoms with Crippen LogP contribution in [0.2, 0.25) is 5.02 Å². The van der Waals surface area contributed by atoms with Crippen LogP contribution in [-0.4, -0.2) is 51.8 Å². The molecule has 152 valence electrons. The highest BCUT2D eigenvalue weighted by Gasteiger charge is 2.28. The molecule has 1 saturated heterocycles. The molecule has 1 aromatic carbocycles. The van der Waals surface area contributed by atoms with Gasteiger partial charge >= 0.3 is 0 Å². The highest BCUT2D eigenvalue weighted by molar-refractivity contribution is 6.30. The van der Waals surface area contributed by atoms with Gasteiger partial charge in [-0.25, -0.2) is 0 Å². The Morgan fingerprint density at radius 3 is 2.68 bits per heavy atom. The Bertz CT molecular complexity index is 788. The molecule has 9 heteroatoms. The van der Waals surface area contributed by atoms with Crippen molar-refractivity contribution in [3.8, 4) is 5.75 Å². The number of hydrogen-bond acceptors (Lipinski definition) is 5. The highest BCUT2D eigenvalue weighted by atomic mass is 35.5. The number of carbonyl (C=O) groups excluding carboxylic acids is 1. The van der Waals surface area contributed by atoms with E-state index < -0.39 is 0 Å². The van der Waals surface area contributed by atoms with Gasteiger partial charge in [0.05, 0.1) is 19.6 Å². The number of piperidine rings is 1. The fourth-order valence-corrected chi connectivity index (χ4v) is 3.87. The number of hydrogen-bond donors (Lipinski definition) is 1. The minimum absolute atomic E-state index is 0. The summed E-state index contributed by atoms with van der Waals surface area (Å²) < 4.78 is 7.88. The third kappa shape index (κ3) is 4.77. The van der Waals surface area contributed by atoms with Crippen LogP contribution < -0.4 is 10.1 Å². The van der Waals surface area contributed by atoms with Gasteiger partial charge in [0.15, 0.2) is 0 Å². The number of benzene rings is 1. The van der Waals surface area contributed by atoms with Crippen LogP contribution in [0.15, 0.2) is 24.3 Å². The van der Waals surface area contributed by atoms with Crippen molar-refractivity contribution < 1.29 is 9.53 Å². The monoisotopic (exact) mass is 425 g/mol. The standard InChI is InChI=1S/C19H24ClN5O2.ClH/c20-15-1-3-16(4-2-15)27-12-7-18(26)24-9-5-14(6-10-24)19-23-22-17-13-21-8-11-25(17)19;/h1-4,14,21H,5-13H2;1H. The second kappa shape index (κ2) is 9.58. The van der Waals surface area contributed by atoms with Crippen LogP contribution in [-0.2, 0) is 17.9 Å². The van der Waals surface area contributed by atoms with Crippen molar-refractivity contribution in [2.24, 2.45) is 0 Å². The van der Waals surface area contributed by atoms with Crippen LogP contribution in [0.25, 0.3) is 0 Å². The minimum atomic E-state index is 0. The fourth-order valence-electron chi connectivity index (χ4n) is 3.75. The molecule has 0 spiro atoms. The molecule has 1 amide bonds. The van der Waals surface area contributed by atoms with Crippen molar-refractivity contribution in [2.45, 2.75) is 38.3 Å². The Kier molecular flexibility index (Phi) is 7.15. The van der Waals surface area contributed by atoms with Gasteiger partial charge in [-0.05, 0) is 37.1 Å². The number of amides is 1. The van der Waals surface area contributed by atoms with Crippen LogP contribution in [0.4, 0.5) is 0 Å². The van der Waals surface area contributed by atoms with E-state index in [9.17, 15) is 4.79 Å². The number of rotatable bonds is 5. The predicted molar refractivity (Wildman–Crippen MR) is 109 cm³/mol. The molecule has 0 atom stereocenters. The first-order chi connectivity index (χ1) is 13.2. The number of ether oxygens (including phenoxy) is 1. The number of nitrogens with one attached hydrogen (secondary N) is 1. The van der Waals surface area contributed by atoms with Crippen LogP contribution in [0.5, 0.6) is 5.75 Å². The molecule has 3 heterocycles. The second-order valence-electron chi connectivity index (χ2n) is 7.01. The van der Waals surface area contributed by atoms with E-state index in [1.165, 1.54) is 0 Å². The van der Waals surface area contributed by atoms with Gasteiger partial charge in [-0.1, -0.05) is 11.6 Å². The number of fused-ring (bicyclic) bond motifs is 1. The van der Waals surface area contributed by atoms with Crippen molar-refractivity contribution in [2.75, 3.05) is 26.2 Å². The van der Waals surface area contributed by atoms with Crippen LogP contribution in [0.3, 0.4) is 0 Å². The molecule has 2 aromatic rings. The molecule has 0 bridgehead atoms. The zero-order chi connectivity index (χ0) is 18.6. The van der Waals surface area contributed by atoms with Gasteiger partial charge in [-0.15, -0.1) is 22.6 Å². The highest BCUT2D eigenvalue weighted by Crippen LogP contribution is 2.28. The number of halogens is 2. The first kappa shape index (κ1) is 20.9. The molecular formula is C19H25Cl2N5O2. The van der Waals surface area contributed by atoms with Crippen molar-refractivity contribution in [1.29, 1.82) is 0 Å². The van der Waals surface area contributed by atoms with Crippen molar-refractivity contribution >= 4 is 29.9 Å². The van der Waals surface area contributed by atoms with Gasteiger partial charge in [0.1, 0.15) is 17.4 Å². The molecular weight excluding hydrogens is 401 g/mol. The maximum Gasteiger partial charge on any atom is 0.225 e. The lowest BCUT2D eigenvalue weighted by atomic mass is 9.95. The molecule has 1 aromatic heterocycles. The zero-order valence-electron chi connectivity index (χ0n) is 15.6. The van der Waals surface area contributed by atoms with E-state index in [0.717, 1.165) is 63.0 Å². The third-order valence-electron chi connectivity index (χ3n) is 5.26.